The SMILES string of the molecule is Cc1cccc(CN(C)c2nc(CNCC(C)C)cs2)n1. The summed E-state index contributed by atoms with van der Waals surface area (Å²) in [7, 11) is 2.06. The molecular weight excluding hydrogens is 280 g/mol. The van der Waals surface area contributed by atoms with Gasteiger partial charge in [0.15, 0.2) is 5.13 Å². The van der Waals surface area contributed by atoms with E-state index in [4.69, 9.17) is 0 Å². The Labute approximate surface area is 131 Å². The third-order valence-corrected chi connectivity index (χ3v) is 4.07. The molecular formula is C16H24N4S. The molecule has 0 saturated carbocycles. The van der Waals surface area contributed by atoms with E-state index in [1.165, 1.54) is 0 Å². The zero-order valence-electron chi connectivity index (χ0n) is 13.3. The van der Waals surface area contributed by atoms with Gasteiger partial charge in [-0.05, 0) is 31.5 Å². The van der Waals surface area contributed by atoms with Crippen LogP contribution in [0.25, 0.3) is 0 Å². The Morgan fingerprint density at radius 3 is 2.76 bits per heavy atom. The second-order valence-corrected chi connectivity index (χ2v) is 6.61. The molecule has 5 heteroatoms. The topological polar surface area (TPSA) is 41.1 Å². The van der Waals surface area contributed by atoms with Gasteiger partial charge < -0.3 is 10.2 Å². The number of rotatable bonds is 7. The van der Waals surface area contributed by atoms with Gasteiger partial charge in [-0.1, -0.05) is 19.9 Å². The van der Waals surface area contributed by atoms with Gasteiger partial charge in [0.05, 0.1) is 17.9 Å². The molecule has 0 fully saturated rings. The summed E-state index contributed by atoms with van der Waals surface area (Å²) in [5.41, 5.74) is 3.24. The molecule has 0 radical (unpaired) electrons. The minimum Gasteiger partial charge on any atom is -0.345 e. The normalized spacial score (nSPS) is 11.1. The molecule has 0 aromatic carbocycles. The standard InChI is InChI=1S/C16H24N4S/c1-12(2)8-17-9-15-11-21-16(19-15)20(4)10-14-7-5-6-13(3)18-14/h5-7,11-12,17H,8-10H2,1-4H3. The maximum atomic E-state index is 4.68. The van der Waals surface area contributed by atoms with Crippen LogP contribution in [0.1, 0.15) is 30.9 Å². The van der Waals surface area contributed by atoms with Gasteiger partial charge in [0, 0.05) is 24.7 Å². The van der Waals surface area contributed by atoms with E-state index in [0.29, 0.717) is 5.92 Å². The van der Waals surface area contributed by atoms with E-state index in [2.05, 4.69) is 58.6 Å². The zero-order valence-corrected chi connectivity index (χ0v) is 14.1. The maximum absolute atomic E-state index is 4.68. The zero-order chi connectivity index (χ0) is 15.2. The average Bonchev–Trinajstić information content (AvgIpc) is 2.87. The van der Waals surface area contributed by atoms with Crippen LogP contribution in [0.5, 0.6) is 0 Å². The van der Waals surface area contributed by atoms with Crippen molar-refractivity contribution in [2.75, 3.05) is 18.5 Å². The van der Waals surface area contributed by atoms with Crippen LogP contribution in [0.4, 0.5) is 5.13 Å². The molecule has 2 aromatic heterocycles. The summed E-state index contributed by atoms with van der Waals surface area (Å²) < 4.78 is 0. The lowest BCUT2D eigenvalue weighted by Crippen LogP contribution is -2.20. The summed E-state index contributed by atoms with van der Waals surface area (Å²) in [5, 5.41) is 6.59. The highest BCUT2D eigenvalue weighted by atomic mass is 32.1. The highest BCUT2D eigenvalue weighted by Crippen LogP contribution is 2.20. The van der Waals surface area contributed by atoms with Crippen molar-refractivity contribution in [3.05, 3.63) is 40.7 Å². The van der Waals surface area contributed by atoms with Crippen molar-refractivity contribution in [2.45, 2.75) is 33.9 Å². The summed E-state index contributed by atoms with van der Waals surface area (Å²) in [6.45, 7) is 9.09. The number of thiazole rings is 1. The molecule has 0 atom stereocenters. The van der Waals surface area contributed by atoms with E-state index in [1.807, 2.05) is 13.0 Å². The fourth-order valence-electron chi connectivity index (χ4n) is 2.04. The van der Waals surface area contributed by atoms with Gasteiger partial charge in [-0.15, -0.1) is 11.3 Å². The van der Waals surface area contributed by atoms with Crippen molar-refractivity contribution >= 4 is 16.5 Å². The lowest BCUT2D eigenvalue weighted by Gasteiger charge is -2.15. The summed E-state index contributed by atoms with van der Waals surface area (Å²) in [6.07, 6.45) is 0. The number of hydrogen-bond donors (Lipinski definition) is 1. The lowest BCUT2D eigenvalue weighted by atomic mass is 10.2. The largest absolute Gasteiger partial charge is 0.345 e. The van der Waals surface area contributed by atoms with Gasteiger partial charge in [-0.2, -0.15) is 0 Å². The fraction of sp³-hybridized carbons (Fsp3) is 0.500. The minimum absolute atomic E-state index is 0.665. The highest BCUT2D eigenvalue weighted by Gasteiger charge is 2.08. The number of aryl methyl sites for hydroxylation is 1. The van der Waals surface area contributed by atoms with E-state index in [0.717, 1.165) is 41.8 Å². The number of hydrogen-bond acceptors (Lipinski definition) is 5. The first-order valence-electron chi connectivity index (χ1n) is 7.33. The fourth-order valence-corrected chi connectivity index (χ4v) is 2.83. The van der Waals surface area contributed by atoms with Crippen LogP contribution in [-0.4, -0.2) is 23.6 Å². The predicted octanol–water partition coefficient (Wildman–Crippen LogP) is 3.23. The van der Waals surface area contributed by atoms with E-state index in [1.54, 1.807) is 11.3 Å². The lowest BCUT2D eigenvalue weighted by molar-refractivity contribution is 0.549. The number of nitrogens with zero attached hydrogens (tertiary/aromatic N) is 3. The molecule has 1 N–H and O–H groups in total. The molecule has 2 rings (SSSR count). The first-order valence-corrected chi connectivity index (χ1v) is 8.21. The van der Waals surface area contributed by atoms with Gasteiger partial charge in [0.2, 0.25) is 0 Å². The molecule has 21 heavy (non-hydrogen) atoms. The highest BCUT2D eigenvalue weighted by molar-refractivity contribution is 7.13. The predicted molar refractivity (Wildman–Crippen MR) is 89.7 cm³/mol. The van der Waals surface area contributed by atoms with Gasteiger partial charge in [-0.25, -0.2) is 4.98 Å². The first kappa shape index (κ1) is 15.9. The second-order valence-electron chi connectivity index (χ2n) is 5.77. The van der Waals surface area contributed by atoms with Crippen molar-refractivity contribution in [1.82, 2.24) is 15.3 Å². The van der Waals surface area contributed by atoms with E-state index in [-0.39, 0.29) is 0 Å². The van der Waals surface area contributed by atoms with E-state index in [9.17, 15) is 0 Å². The number of anilines is 1. The average molecular weight is 304 g/mol. The molecule has 0 spiro atoms. The van der Waals surface area contributed by atoms with Crippen LogP contribution in [0.3, 0.4) is 0 Å². The van der Waals surface area contributed by atoms with Crippen molar-refractivity contribution in [2.24, 2.45) is 5.92 Å². The first-order chi connectivity index (χ1) is 10.0. The molecule has 0 aliphatic carbocycles. The molecule has 0 aliphatic rings. The summed E-state index contributed by atoms with van der Waals surface area (Å²) in [5.74, 6) is 0.665. The van der Waals surface area contributed by atoms with Crippen molar-refractivity contribution in [1.29, 1.82) is 0 Å². The quantitative estimate of drug-likeness (QED) is 0.852. The Morgan fingerprint density at radius 2 is 2.05 bits per heavy atom. The molecule has 0 unspecified atom stereocenters. The van der Waals surface area contributed by atoms with Gasteiger partial charge >= 0.3 is 0 Å². The second kappa shape index (κ2) is 7.52. The Morgan fingerprint density at radius 1 is 1.24 bits per heavy atom. The van der Waals surface area contributed by atoms with Crippen LogP contribution < -0.4 is 10.2 Å². The number of pyridine rings is 1. The van der Waals surface area contributed by atoms with Crippen LogP contribution in [0, 0.1) is 12.8 Å². The van der Waals surface area contributed by atoms with Gasteiger partial charge in [-0.3, -0.25) is 4.98 Å². The summed E-state index contributed by atoms with van der Waals surface area (Å²) >= 11 is 1.69. The van der Waals surface area contributed by atoms with Crippen molar-refractivity contribution in [3.63, 3.8) is 0 Å². The molecule has 4 nitrogen and oxygen atoms in total. The molecule has 0 aliphatic heterocycles. The molecule has 0 amide bonds. The summed E-state index contributed by atoms with van der Waals surface area (Å²) in [4.78, 5) is 11.4. The maximum Gasteiger partial charge on any atom is 0.185 e. The van der Waals surface area contributed by atoms with E-state index >= 15 is 0 Å². The Hall–Kier alpha value is -1.46. The Bertz CT molecular complexity index is 565. The molecule has 114 valence electrons. The molecule has 0 bridgehead atoms. The minimum atomic E-state index is 0.665. The number of nitrogens with one attached hydrogen (secondary N) is 1. The molecule has 2 aromatic rings. The smallest absolute Gasteiger partial charge is 0.185 e. The third kappa shape index (κ3) is 5.10. The monoisotopic (exact) mass is 304 g/mol. The van der Waals surface area contributed by atoms with Crippen LogP contribution >= 0.6 is 11.3 Å². The molecule has 0 saturated heterocycles. The third-order valence-electron chi connectivity index (χ3n) is 3.07. The van der Waals surface area contributed by atoms with Crippen molar-refractivity contribution < 1.29 is 0 Å². The van der Waals surface area contributed by atoms with Gasteiger partial charge in [0.1, 0.15) is 0 Å². The Balaban J connectivity index is 1.91. The van der Waals surface area contributed by atoms with Gasteiger partial charge in [0.25, 0.3) is 0 Å². The summed E-state index contributed by atoms with van der Waals surface area (Å²) in [6, 6.07) is 6.13. The number of aromatic nitrogens is 2. The van der Waals surface area contributed by atoms with Crippen molar-refractivity contribution in [3.8, 4) is 0 Å². The van der Waals surface area contributed by atoms with Crippen LogP contribution in [0.2, 0.25) is 0 Å². The van der Waals surface area contributed by atoms with E-state index < -0.39 is 0 Å². The van der Waals surface area contributed by atoms with Crippen LogP contribution in [0.15, 0.2) is 23.6 Å². The van der Waals surface area contributed by atoms with Crippen LogP contribution in [-0.2, 0) is 13.1 Å². The Kier molecular flexibility index (Phi) is 5.70. The molecule has 2 heterocycles.